The van der Waals surface area contributed by atoms with Gasteiger partial charge in [-0.3, -0.25) is 20.4 Å². The first-order valence-corrected chi connectivity index (χ1v) is 9.82. The lowest BCUT2D eigenvalue weighted by Gasteiger charge is -2.06. The highest BCUT2D eigenvalue weighted by Gasteiger charge is 2.12. The fraction of sp³-hybridized carbons (Fsp3) is 0.111. The normalized spacial score (nSPS) is 11.3. The van der Waals surface area contributed by atoms with E-state index in [1.54, 1.807) is 37.3 Å². The molecule has 0 aliphatic carbocycles. The number of rotatable bonds is 6. The maximum atomic E-state index is 11.9. The third-order valence-electron chi connectivity index (χ3n) is 3.37. The van der Waals surface area contributed by atoms with E-state index in [0.29, 0.717) is 12.1 Å². The smallest absolute Gasteiger partial charge is 0.268 e. The number of halogens is 1. The highest BCUT2D eigenvalue weighted by Crippen LogP contribution is 2.14. The molecule has 0 unspecified atom stereocenters. The molecule has 0 aliphatic rings. The number of sulfonamides is 1. The van der Waals surface area contributed by atoms with Crippen LogP contribution in [0.15, 0.2) is 59.5 Å². The van der Waals surface area contributed by atoms with Gasteiger partial charge in [-0.1, -0.05) is 42.8 Å². The van der Waals surface area contributed by atoms with Crippen LogP contribution in [0.4, 0.5) is 0 Å². The van der Waals surface area contributed by atoms with Crippen LogP contribution in [0.3, 0.4) is 0 Å². The second kappa shape index (κ2) is 9.31. The van der Waals surface area contributed by atoms with Crippen molar-refractivity contribution in [3.8, 4) is 0 Å². The molecule has 0 aromatic heterocycles. The zero-order valence-electron chi connectivity index (χ0n) is 14.4. The first-order valence-electron chi connectivity index (χ1n) is 7.96. The molecule has 3 N–H and O–H groups in total. The molecule has 0 atom stereocenters. The Morgan fingerprint density at radius 3 is 2.33 bits per heavy atom. The molecule has 2 amide bonds. The number of carbonyl (C=O) groups is 2. The summed E-state index contributed by atoms with van der Waals surface area (Å²) < 4.78 is 26.1. The molecule has 7 nitrogen and oxygen atoms in total. The van der Waals surface area contributed by atoms with Gasteiger partial charge in [0.2, 0.25) is 10.0 Å². The minimum Gasteiger partial charge on any atom is -0.268 e. The standard InChI is InChI=1S/C18H18ClN3O4S/c1-2-20-27(25,26)14-10-7-13(8-11-14)9-12-17(23)21-22-18(24)15-5-3-4-6-16(15)19/h3-12,20H,2H2,1H3,(H,21,23)(H,22,24)/b12-9+. The minimum absolute atomic E-state index is 0.137. The number of carbonyl (C=O) groups excluding carboxylic acids is 2. The lowest BCUT2D eigenvalue weighted by Crippen LogP contribution is -2.40. The van der Waals surface area contributed by atoms with Gasteiger partial charge in [-0.05, 0) is 35.9 Å². The summed E-state index contributed by atoms with van der Waals surface area (Å²) in [6, 6.07) is 12.5. The number of hydrogen-bond acceptors (Lipinski definition) is 4. The lowest BCUT2D eigenvalue weighted by atomic mass is 10.2. The van der Waals surface area contributed by atoms with Crippen molar-refractivity contribution >= 4 is 39.5 Å². The quantitative estimate of drug-likeness (QED) is 0.503. The van der Waals surface area contributed by atoms with Crippen molar-refractivity contribution in [3.63, 3.8) is 0 Å². The third kappa shape index (κ3) is 5.92. The van der Waals surface area contributed by atoms with Crippen LogP contribution in [-0.2, 0) is 14.8 Å². The van der Waals surface area contributed by atoms with E-state index in [0.717, 1.165) is 0 Å². The zero-order chi connectivity index (χ0) is 19.9. The Morgan fingerprint density at radius 2 is 1.70 bits per heavy atom. The van der Waals surface area contributed by atoms with Gasteiger partial charge in [0.05, 0.1) is 15.5 Å². The highest BCUT2D eigenvalue weighted by atomic mass is 35.5. The van der Waals surface area contributed by atoms with E-state index in [9.17, 15) is 18.0 Å². The molecule has 2 aromatic rings. The van der Waals surface area contributed by atoms with E-state index in [-0.39, 0.29) is 15.5 Å². The molecular weight excluding hydrogens is 390 g/mol. The van der Waals surface area contributed by atoms with Crippen LogP contribution in [0.5, 0.6) is 0 Å². The van der Waals surface area contributed by atoms with Crippen molar-refractivity contribution in [1.82, 2.24) is 15.6 Å². The molecule has 0 fully saturated rings. The lowest BCUT2D eigenvalue weighted by molar-refractivity contribution is -0.117. The predicted octanol–water partition coefficient (Wildman–Crippen LogP) is 2.11. The molecule has 142 valence electrons. The van der Waals surface area contributed by atoms with E-state index in [2.05, 4.69) is 15.6 Å². The van der Waals surface area contributed by atoms with Gasteiger partial charge in [0, 0.05) is 12.6 Å². The van der Waals surface area contributed by atoms with Crippen molar-refractivity contribution in [1.29, 1.82) is 0 Å². The van der Waals surface area contributed by atoms with Crippen molar-refractivity contribution in [2.24, 2.45) is 0 Å². The van der Waals surface area contributed by atoms with Crippen molar-refractivity contribution in [3.05, 3.63) is 70.8 Å². The van der Waals surface area contributed by atoms with E-state index in [1.165, 1.54) is 30.4 Å². The van der Waals surface area contributed by atoms with Crippen LogP contribution < -0.4 is 15.6 Å². The molecule has 2 rings (SSSR count). The maximum Gasteiger partial charge on any atom is 0.271 e. The van der Waals surface area contributed by atoms with E-state index in [1.807, 2.05) is 0 Å². The molecule has 0 heterocycles. The Hall–Kier alpha value is -2.68. The monoisotopic (exact) mass is 407 g/mol. The van der Waals surface area contributed by atoms with E-state index in [4.69, 9.17) is 11.6 Å². The molecular formula is C18H18ClN3O4S. The Kier molecular flexibility index (Phi) is 7.12. The van der Waals surface area contributed by atoms with Crippen LogP contribution in [0.25, 0.3) is 6.08 Å². The summed E-state index contributed by atoms with van der Waals surface area (Å²) in [5.74, 6) is -1.10. The molecule has 0 spiro atoms. The molecule has 0 aliphatic heterocycles. The second-order valence-electron chi connectivity index (χ2n) is 5.33. The summed E-state index contributed by atoms with van der Waals surface area (Å²) in [6.45, 7) is 1.99. The number of nitrogens with one attached hydrogen (secondary N) is 3. The number of hydrogen-bond donors (Lipinski definition) is 3. The largest absolute Gasteiger partial charge is 0.271 e. The summed E-state index contributed by atoms with van der Waals surface area (Å²) in [5, 5.41) is 0.271. The predicted molar refractivity (Wildman–Crippen MR) is 103 cm³/mol. The second-order valence-corrected chi connectivity index (χ2v) is 7.50. The van der Waals surface area contributed by atoms with Crippen molar-refractivity contribution in [2.75, 3.05) is 6.54 Å². The Morgan fingerprint density at radius 1 is 1.04 bits per heavy atom. The van der Waals surface area contributed by atoms with Gasteiger partial charge in [-0.15, -0.1) is 0 Å². The SMILES string of the molecule is CCNS(=O)(=O)c1ccc(/C=C/C(=O)NNC(=O)c2ccccc2Cl)cc1. The molecule has 0 radical (unpaired) electrons. The first kappa shape index (κ1) is 20.6. The Balaban J connectivity index is 1.93. The average Bonchev–Trinajstić information content (AvgIpc) is 2.65. The maximum absolute atomic E-state index is 11.9. The summed E-state index contributed by atoms with van der Waals surface area (Å²) in [7, 11) is -3.52. The topological polar surface area (TPSA) is 104 Å². The first-order chi connectivity index (χ1) is 12.8. The molecule has 27 heavy (non-hydrogen) atoms. The average molecular weight is 408 g/mol. The third-order valence-corrected chi connectivity index (χ3v) is 5.26. The molecule has 9 heteroatoms. The van der Waals surface area contributed by atoms with Crippen LogP contribution in [0.2, 0.25) is 5.02 Å². The van der Waals surface area contributed by atoms with Gasteiger partial charge in [0.25, 0.3) is 11.8 Å². The van der Waals surface area contributed by atoms with E-state index < -0.39 is 21.8 Å². The Labute approximate surface area is 162 Å². The molecule has 0 saturated heterocycles. The summed E-state index contributed by atoms with van der Waals surface area (Å²) in [5.41, 5.74) is 5.36. The number of amides is 2. The van der Waals surface area contributed by atoms with Crippen LogP contribution >= 0.6 is 11.6 Å². The van der Waals surface area contributed by atoms with E-state index >= 15 is 0 Å². The summed E-state index contributed by atoms with van der Waals surface area (Å²) in [6.07, 6.45) is 2.70. The highest BCUT2D eigenvalue weighted by molar-refractivity contribution is 7.89. The van der Waals surface area contributed by atoms with Gasteiger partial charge < -0.3 is 0 Å². The molecule has 2 aromatic carbocycles. The van der Waals surface area contributed by atoms with Crippen LogP contribution in [0, 0.1) is 0 Å². The fourth-order valence-corrected chi connectivity index (χ4v) is 3.34. The number of benzene rings is 2. The summed E-state index contributed by atoms with van der Waals surface area (Å²) >= 11 is 5.91. The fourth-order valence-electron chi connectivity index (χ4n) is 2.08. The van der Waals surface area contributed by atoms with Gasteiger partial charge in [0.1, 0.15) is 0 Å². The summed E-state index contributed by atoms with van der Waals surface area (Å²) in [4.78, 5) is 23.9. The number of hydrazine groups is 1. The molecule has 0 saturated carbocycles. The van der Waals surface area contributed by atoms with Crippen LogP contribution in [-0.4, -0.2) is 26.8 Å². The molecule has 0 bridgehead atoms. The minimum atomic E-state index is -3.52. The van der Waals surface area contributed by atoms with Gasteiger partial charge in [0.15, 0.2) is 0 Å². The van der Waals surface area contributed by atoms with Gasteiger partial charge in [-0.2, -0.15) is 0 Å². The van der Waals surface area contributed by atoms with Crippen molar-refractivity contribution < 1.29 is 18.0 Å². The zero-order valence-corrected chi connectivity index (χ0v) is 16.0. The van der Waals surface area contributed by atoms with Crippen LogP contribution in [0.1, 0.15) is 22.8 Å². The van der Waals surface area contributed by atoms with Crippen molar-refractivity contribution in [2.45, 2.75) is 11.8 Å². The van der Waals surface area contributed by atoms with Gasteiger partial charge in [-0.25, -0.2) is 13.1 Å². The van der Waals surface area contributed by atoms with Gasteiger partial charge >= 0.3 is 0 Å². The Bertz CT molecular complexity index is 957.